The number of benzene rings is 1. The van der Waals surface area contributed by atoms with E-state index in [1.165, 1.54) is 55.2 Å². The van der Waals surface area contributed by atoms with E-state index in [4.69, 9.17) is 0 Å². The van der Waals surface area contributed by atoms with Crippen molar-refractivity contribution in [3.05, 3.63) is 34.9 Å². The van der Waals surface area contributed by atoms with Crippen LogP contribution in [0.2, 0.25) is 0 Å². The van der Waals surface area contributed by atoms with E-state index in [-0.39, 0.29) is 0 Å². The standard InChI is InChI=1S/C18H29N/c1-14-9-8-10-15(2)18(14)13-19-16(3)17-11-6-4-5-7-12-17/h8-10,16-17,19H,4-7,11-13H2,1-3H3/t16-/m0/s1. The van der Waals surface area contributed by atoms with Crippen molar-refractivity contribution in [3.63, 3.8) is 0 Å². The molecule has 1 heteroatoms. The molecule has 0 radical (unpaired) electrons. The summed E-state index contributed by atoms with van der Waals surface area (Å²) in [6.45, 7) is 7.85. The van der Waals surface area contributed by atoms with Crippen molar-refractivity contribution in [2.24, 2.45) is 5.92 Å². The molecular formula is C18H29N. The van der Waals surface area contributed by atoms with Gasteiger partial charge in [0.2, 0.25) is 0 Å². The first-order valence-electron chi connectivity index (χ1n) is 7.97. The van der Waals surface area contributed by atoms with Crippen molar-refractivity contribution in [3.8, 4) is 0 Å². The van der Waals surface area contributed by atoms with Gasteiger partial charge in [-0.05, 0) is 56.2 Å². The molecule has 1 N–H and O–H groups in total. The number of nitrogens with one attached hydrogen (secondary N) is 1. The average Bonchev–Trinajstić information content (AvgIpc) is 2.66. The fraction of sp³-hybridized carbons (Fsp3) is 0.667. The molecule has 1 aromatic rings. The third kappa shape index (κ3) is 4.07. The normalized spacial score (nSPS) is 19.1. The molecular weight excluding hydrogens is 230 g/mol. The molecule has 1 aromatic carbocycles. The van der Waals surface area contributed by atoms with Crippen LogP contribution in [-0.4, -0.2) is 6.04 Å². The van der Waals surface area contributed by atoms with Gasteiger partial charge < -0.3 is 5.32 Å². The Balaban J connectivity index is 1.90. The third-order valence-electron chi connectivity index (χ3n) is 4.85. The highest BCUT2D eigenvalue weighted by molar-refractivity contribution is 5.33. The maximum Gasteiger partial charge on any atom is 0.0213 e. The first-order valence-corrected chi connectivity index (χ1v) is 7.97. The van der Waals surface area contributed by atoms with E-state index >= 15 is 0 Å². The van der Waals surface area contributed by atoms with Gasteiger partial charge in [-0.15, -0.1) is 0 Å². The lowest BCUT2D eigenvalue weighted by atomic mass is 9.92. The minimum Gasteiger partial charge on any atom is -0.310 e. The lowest BCUT2D eigenvalue weighted by Gasteiger charge is -2.24. The fourth-order valence-corrected chi connectivity index (χ4v) is 3.37. The quantitative estimate of drug-likeness (QED) is 0.769. The maximum atomic E-state index is 3.78. The van der Waals surface area contributed by atoms with Gasteiger partial charge in [0.25, 0.3) is 0 Å². The molecule has 0 saturated heterocycles. The largest absolute Gasteiger partial charge is 0.310 e. The van der Waals surface area contributed by atoms with Crippen LogP contribution in [0.25, 0.3) is 0 Å². The van der Waals surface area contributed by atoms with E-state index in [2.05, 4.69) is 44.3 Å². The van der Waals surface area contributed by atoms with Crippen molar-refractivity contribution in [2.45, 2.75) is 71.9 Å². The molecule has 0 spiro atoms. The molecule has 19 heavy (non-hydrogen) atoms. The topological polar surface area (TPSA) is 12.0 Å². The molecule has 1 atom stereocenters. The first-order chi connectivity index (χ1) is 9.18. The SMILES string of the molecule is Cc1cccc(C)c1CN[C@@H](C)C1CCCCCC1. The zero-order valence-corrected chi connectivity index (χ0v) is 12.8. The highest BCUT2D eigenvalue weighted by Gasteiger charge is 2.18. The Kier molecular flexibility index (Phi) is 5.45. The molecule has 0 bridgehead atoms. The predicted octanol–water partition coefficient (Wildman–Crippen LogP) is 4.75. The second-order valence-electron chi connectivity index (χ2n) is 6.29. The van der Waals surface area contributed by atoms with Gasteiger partial charge in [-0.2, -0.15) is 0 Å². The molecule has 1 aliphatic rings. The van der Waals surface area contributed by atoms with Gasteiger partial charge in [0.05, 0.1) is 0 Å². The molecule has 1 saturated carbocycles. The van der Waals surface area contributed by atoms with Crippen molar-refractivity contribution >= 4 is 0 Å². The summed E-state index contributed by atoms with van der Waals surface area (Å²) in [5.74, 6) is 0.881. The summed E-state index contributed by atoms with van der Waals surface area (Å²) in [5, 5.41) is 3.78. The van der Waals surface area contributed by atoms with Gasteiger partial charge in [-0.3, -0.25) is 0 Å². The molecule has 1 nitrogen and oxygen atoms in total. The van der Waals surface area contributed by atoms with E-state index < -0.39 is 0 Å². The Morgan fingerprint density at radius 1 is 1.05 bits per heavy atom. The molecule has 2 rings (SSSR count). The Morgan fingerprint density at radius 2 is 1.63 bits per heavy atom. The second kappa shape index (κ2) is 7.09. The van der Waals surface area contributed by atoms with E-state index in [0.29, 0.717) is 6.04 Å². The van der Waals surface area contributed by atoms with Crippen LogP contribution < -0.4 is 5.32 Å². The summed E-state index contributed by atoms with van der Waals surface area (Å²) in [6, 6.07) is 7.25. The first kappa shape index (κ1) is 14.6. The van der Waals surface area contributed by atoms with Crippen molar-refractivity contribution in [1.82, 2.24) is 5.32 Å². The zero-order chi connectivity index (χ0) is 13.7. The summed E-state index contributed by atoms with van der Waals surface area (Å²) < 4.78 is 0. The van der Waals surface area contributed by atoms with Gasteiger partial charge in [0.1, 0.15) is 0 Å². The summed E-state index contributed by atoms with van der Waals surface area (Å²) in [4.78, 5) is 0. The number of rotatable bonds is 4. The molecule has 0 aliphatic heterocycles. The fourth-order valence-electron chi connectivity index (χ4n) is 3.37. The summed E-state index contributed by atoms with van der Waals surface area (Å²) in [7, 11) is 0. The average molecular weight is 259 g/mol. The second-order valence-corrected chi connectivity index (χ2v) is 6.29. The zero-order valence-electron chi connectivity index (χ0n) is 12.8. The Labute approximate surface area is 118 Å². The molecule has 0 aromatic heterocycles. The van der Waals surface area contributed by atoms with Gasteiger partial charge in [-0.25, -0.2) is 0 Å². The van der Waals surface area contributed by atoms with Crippen LogP contribution in [0.15, 0.2) is 18.2 Å². The van der Waals surface area contributed by atoms with Crippen LogP contribution in [0.3, 0.4) is 0 Å². The minimum atomic E-state index is 0.650. The highest BCUT2D eigenvalue weighted by Crippen LogP contribution is 2.25. The molecule has 106 valence electrons. The molecule has 0 heterocycles. The Bertz CT molecular complexity index is 368. The van der Waals surface area contributed by atoms with Gasteiger partial charge in [0, 0.05) is 12.6 Å². The number of hydrogen-bond acceptors (Lipinski definition) is 1. The van der Waals surface area contributed by atoms with Crippen LogP contribution in [0, 0.1) is 19.8 Å². The predicted molar refractivity (Wildman–Crippen MR) is 83.4 cm³/mol. The smallest absolute Gasteiger partial charge is 0.0213 e. The molecule has 1 fully saturated rings. The lowest BCUT2D eigenvalue weighted by Crippen LogP contribution is -2.33. The minimum absolute atomic E-state index is 0.650. The van der Waals surface area contributed by atoms with Crippen LogP contribution in [-0.2, 0) is 6.54 Å². The van der Waals surface area contributed by atoms with Crippen LogP contribution in [0.4, 0.5) is 0 Å². The van der Waals surface area contributed by atoms with Crippen molar-refractivity contribution in [2.75, 3.05) is 0 Å². The summed E-state index contributed by atoms with van der Waals surface area (Å²) in [6.07, 6.45) is 8.59. The molecule has 0 amide bonds. The van der Waals surface area contributed by atoms with Crippen molar-refractivity contribution < 1.29 is 0 Å². The molecule has 1 aliphatic carbocycles. The van der Waals surface area contributed by atoms with Crippen LogP contribution in [0.1, 0.15) is 62.1 Å². The monoisotopic (exact) mass is 259 g/mol. The van der Waals surface area contributed by atoms with Crippen LogP contribution in [0.5, 0.6) is 0 Å². The van der Waals surface area contributed by atoms with Crippen LogP contribution >= 0.6 is 0 Å². The summed E-state index contributed by atoms with van der Waals surface area (Å²) >= 11 is 0. The van der Waals surface area contributed by atoms with Crippen molar-refractivity contribution in [1.29, 1.82) is 0 Å². The number of hydrogen-bond donors (Lipinski definition) is 1. The third-order valence-corrected chi connectivity index (χ3v) is 4.85. The van der Waals surface area contributed by atoms with E-state index in [1.807, 2.05) is 0 Å². The lowest BCUT2D eigenvalue weighted by molar-refractivity contribution is 0.336. The summed E-state index contributed by atoms with van der Waals surface area (Å²) in [5.41, 5.74) is 4.32. The highest BCUT2D eigenvalue weighted by atomic mass is 14.9. The van der Waals surface area contributed by atoms with E-state index in [9.17, 15) is 0 Å². The Hall–Kier alpha value is -0.820. The Morgan fingerprint density at radius 3 is 2.21 bits per heavy atom. The van der Waals surface area contributed by atoms with Gasteiger partial charge in [0.15, 0.2) is 0 Å². The van der Waals surface area contributed by atoms with Gasteiger partial charge in [-0.1, -0.05) is 43.9 Å². The van der Waals surface area contributed by atoms with E-state index in [0.717, 1.165) is 12.5 Å². The van der Waals surface area contributed by atoms with E-state index in [1.54, 1.807) is 0 Å². The number of aryl methyl sites for hydroxylation is 2. The molecule has 0 unspecified atom stereocenters. The maximum absolute atomic E-state index is 3.78. The van der Waals surface area contributed by atoms with Gasteiger partial charge >= 0.3 is 0 Å².